The average Bonchev–Trinajstić information content (AvgIpc) is 2.96. The van der Waals surface area contributed by atoms with E-state index in [2.05, 4.69) is 5.32 Å². The van der Waals surface area contributed by atoms with Gasteiger partial charge in [-0.2, -0.15) is 0 Å². The summed E-state index contributed by atoms with van der Waals surface area (Å²) in [6.07, 6.45) is 0.833. The summed E-state index contributed by atoms with van der Waals surface area (Å²) in [5.74, 6) is -1.44. The Kier molecular flexibility index (Phi) is 5.30. The molecule has 1 saturated heterocycles. The van der Waals surface area contributed by atoms with Gasteiger partial charge in [0.1, 0.15) is 12.1 Å². The van der Waals surface area contributed by atoms with Crippen LogP contribution in [-0.2, 0) is 20.7 Å². The smallest absolute Gasteiger partial charge is 0.326 e. The fourth-order valence-corrected chi connectivity index (χ4v) is 2.39. The van der Waals surface area contributed by atoms with E-state index in [1.807, 2.05) is 30.3 Å². The standard InChI is InChI=1S/C15H20N2O4/c16-9-11-6-7-13(21-11)14(18)17-12(15(19)20)8-10-4-2-1-3-5-10/h1-5,11-13H,6-9,16H2,(H,17,18)(H,19,20)/t11?,12-,13?/m0/s1. The molecule has 1 aromatic rings. The van der Waals surface area contributed by atoms with E-state index in [0.717, 1.165) is 12.0 Å². The summed E-state index contributed by atoms with van der Waals surface area (Å²) in [7, 11) is 0. The van der Waals surface area contributed by atoms with E-state index in [1.165, 1.54) is 0 Å². The van der Waals surface area contributed by atoms with Gasteiger partial charge in [0.25, 0.3) is 0 Å². The summed E-state index contributed by atoms with van der Waals surface area (Å²) in [5, 5.41) is 11.8. The summed E-state index contributed by atoms with van der Waals surface area (Å²) in [6, 6.07) is 8.23. The van der Waals surface area contributed by atoms with Gasteiger partial charge in [0.15, 0.2) is 0 Å². The van der Waals surface area contributed by atoms with Crippen molar-refractivity contribution in [2.24, 2.45) is 5.73 Å². The Balaban J connectivity index is 1.94. The quantitative estimate of drug-likeness (QED) is 0.700. The lowest BCUT2D eigenvalue weighted by Gasteiger charge is -2.18. The maximum absolute atomic E-state index is 12.1. The summed E-state index contributed by atoms with van der Waals surface area (Å²) in [6.45, 7) is 0.371. The highest BCUT2D eigenvalue weighted by molar-refractivity contribution is 5.86. The number of carboxylic acid groups (broad SMARTS) is 1. The van der Waals surface area contributed by atoms with E-state index >= 15 is 0 Å². The minimum absolute atomic E-state index is 0.113. The van der Waals surface area contributed by atoms with Crippen LogP contribution in [0.4, 0.5) is 0 Å². The average molecular weight is 292 g/mol. The van der Waals surface area contributed by atoms with Crippen LogP contribution in [0.25, 0.3) is 0 Å². The molecule has 4 N–H and O–H groups in total. The highest BCUT2D eigenvalue weighted by Crippen LogP contribution is 2.19. The molecule has 1 aromatic carbocycles. The second-order valence-electron chi connectivity index (χ2n) is 5.15. The van der Waals surface area contributed by atoms with Gasteiger partial charge in [-0.1, -0.05) is 30.3 Å². The largest absolute Gasteiger partial charge is 0.480 e. The fraction of sp³-hybridized carbons (Fsp3) is 0.467. The van der Waals surface area contributed by atoms with Gasteiger partial charge in [-0.15, -0.1) is 0 Å². The van der Waals surface area contributed by atoms with Crippen LogP contribution in [0.2, 0.25) is 0 Å². The summed E-state index contributed by atoms with van der Waals surface area (Å²) < 4.78 is 5.47. The predicted molar refractivity (Wildman–Crippen MR) is 76.7 cm³/mol. The highest BCUT2D eigenvalue weighted by atomic mass is 16.5. The van der Waals surface area contributed by atoms with Crippen LogP contribution in [0.5, 0.6) is 0 Å². The number of nitrogens with two attached hydrogens (primary N) is 1. The summed E-state index contributed by atoms with van der Waals surface area (Å²) in [5.41, 5.74) is 6.36. The molecule has 6 heteroatoms. The van der Waals surface area contributed by atoms with E-state index in [4.69, 9.17) is 10.5 Å². The third kappa shape index (κ3) is 4.27. The summed E-state index contributed by atoms with van der Waals surface area (Å²) in [4.78, 5) is 23.4. The molecule has 0 saturated carbocycles. The molecule has 1 aliphatic heterocycles. The molecule has 0 radical (unpaired) electrons. The number of ether oxygens (including phenoxy) is 1. The second-order valence-corrected chi connectivity index (χ2v) is 5.15. The van der Waals surface area contributed by atoms with Gasteiger partial charge in [-0.3, -0.25) is 4.79 Å². The maximum atomic E-state index is 12.1. The molecular formula is C15H20N2O4. The first kappa shape index (κ1) is 15.5. The molecule has 1 heterocycles. The Morgan fingerprint density at radius 3 is 2.62 bits per heavy atom. The van der Waals surface area contributed by atoms with Crippen molar-refractivity contribution in [2.45, 2.75) is 37.5 Å². The zero-order valence-electron chi connectivity index (χ0n) is 11.7. The van der Waals surface area contributed by atoms with Crippen LogP contribution in [-0.4, -0.2) is 41.8 Å². The molecular weight excluding hydrogens is 272 g/mol. The molecule has 114 valence electrons. The molecule has 3 atom stereocenters. The Hall–Kier alpha value is -1.92. The van der Waals surface area contributed by atoms with Crippen LogP contribution in [0, 0.1) is 0 Å². The van der Waals surface area contributed by atoms with Crippen molar-refractivity contribution in [1.29, 1.82) is 0 Å². The SMILES string of the molecule is NCC1CCC(C(=O)N[C@@H](Cc2ccccc2)C(=O)O)O1. The molecule has 6 nitrogen and oxygen atoms in total. The molecule has 0 spiro atoms. The van der Waals surface area contributed by atoms with Crippen LogP contribution in [0.15, 0.2) is 30.3 Å². The number of rotatable bonds is 6. The third-order valence-electron chi connectivity index (χ3n) is 3.56. The zero-order valence-corrected chi connectivity index (χ0v) is 11.7. The van der Waals surface area contributed by atoms with Gasteiger partial charge < -0.3 is 20.9 Å². The van der Waals surface area contributed by atoms with Crippen LogP contribution < -0.4 is 11.1 Å². The third-order valence-corrected chi connectivity index (χ3v) is 3.56. The van der Waals surface area contributed by atoms with Gasteiger partial charge in [0.2, 0.25) is 5.91 Å². The van der Waals surface area contributed by atoms with Crippen LogP contribution in [0.3, 0.4) is 0 Å². The highest BCUT2D eigenvalue weighted by Gasteiger charge is 2.32. The monoisotopic (exact) mass is 292 g/mol. The van der Waals surface area contributed by atoms with Crippen LogP contribution in [0.1, 0.15) is 18.4 Å². The Morgan fingerprint density at radius 2 is 2.05 bits per heavy atom. The number of hydrogen-bond acceptors (Lipinski definition) is 4. The number of benzene rings is 1. The normalized spacial score (nSPS) is 22.7. The molecule has 1 aliphatic rings. The van der Waals surface area contributed by atoms with Gasteiger partial charge in [-0.25, -0.2) is 4.79 Å². The van der Waals surface area contributed by atoms with Crippen molar-refractivity contribution < 1.29 is 19.4 Å². The Morgan fingerprint density at radius 1 is 1.33 bits per heavy atom. The topological polar surface area (TPSA) is 102 Å². The lowest BCUT2D eigenvalue weighted by atomic mass is 10.1. The van der Waals surface area contributed by atoms with Crippen LogP contribution >= 0.6 is 0 Å². The first-order valence-electron chi connectivity index (χ1n) is 7.02. The lowest BCUT2D eigenvalue weighted by molar-refractivity contribution is -0.144. The van der Waals surface area contributed by atoms with Gasteiger partial charge in [-0.05, 0) is 18.4 Å². The Labute approximate surface area is 123 Å². The number of carboxylic acids is 1. The lowest BCUT2D eigenvalue weighted by Crippen LogP contribution is -2.46. The van der Waals surface area contributed by atoms with E-state index in [-0.39, 0.29) is 18.4 Å². The second kappa shape index (κ2) is 7.19. The molecule has 2 unspecified atom stereocenters. The fourth-order valence-electron chi connectivity index (χ4n) is 2.39. The van der Waals surface area contributed by atoms with E-state index in [9.17, 15) is 14.7 Å². The Bertz CT molecular complexity index is 492. The van der Waals surface area contributed by atoms with Crippen molar-refractivity contribution >= 4 is 11.9 Å². The molecule has 1 amide bonds. The molecule has 1 fully saturated rings. The van der Waals surface area contributed by atoms with Crippen molar-refractivity contribution in [3.63, 3.8) is 0 Å². The number of aliphatic carboxylic acids is 1. The van der Waals surface area contributed by atoms with E-state index in [1.54, 1.807) is 0 Å². The molecule has 0 bridgehead atoms. The number of nitrogens with one attached hydrogen (secondary N) is 1. The maximum Gasteiger partial charge on any atom is 0.326 e. The van der Waals surface area contributed by atoms with E-state index in [0.29, 0.717) is 13.0 Å². The molecule has 0 aromatic heterocycles. The molecule has 0 aliphatic carbocycles. The number of amides is 1. The number of carbonyl (C=O) groups is 2. The number of hydrogen-bond donors (Lipinski definition) is 3. The van der Waals surface area contributed by atoms with Crippen molar-refractivity contribution in [1.82, 2.24) is 5.32 Å². The van der Waals surface area contributed by atoms with Gasteiger partial charge >= 0.3 is 5.97 Å². The van der Waals surface area contributed by atoms with Gasteiger partial charge in [0, 0.05) is 13.0 Å². The summed E-state index contributed by atoms with van der Waals surface area (Å²) >= 11 is 0. The minimum Gasteiger partial charge on any atom is -0.480 e. The first-order chi connectivity index (χ1) is 10.1. The first-order valence-corrected chi connectivity index (χ1v) is 7.02. The predicted octanol–water partition coefficient (Wildman–Crippen LogP) is 0.305. The van der Waals surface area contributed by atoms with E-state index < -0.39 is 18.1 Å². The van der Waals surface area contributed by atoms with Crippen molar-refractivity contribution in [3.05, 3.63) is 35.9 Å². The zero-order chi connectivity index (χ0) is 15.2. The molecule has 2 rings (SSSR count). The minimum atomic E-state index is -1.06. The van der Waals surface area contributed by atoms with Crippen molar-refractivity contribution in [3.8, 4) is 0 Å². The van der Waals surface area contributed by atoms with Crippen molar-refractivity contribution in [2.75, 3.05) is 6.54 Å². The molecule has 21 heavy (non-hydrogen) atoms. The number of carbonyl (C=O) groups excluding carboxylic acids is 1. The van der Waals surface area contributed by atoms with Gasteiger partial charge in [0.05, 0.1) is 6.10 Å².